The van der Waals surface area contributed by atoms with E-state index in [-0.39, 0.29) is 5.56 Å². The highest BCUT2D eigenvalue weighted by Gasteiger charge is 2.35. The number of nitriles is 1. The SMILES string of the molecule is Cc1cc(C(F)F)c(CC#N)nc1C(F)(F)F. The van der Waals surface area contributed by atoms with Crippen molar-refractivity contribution >= 4 is 0 Å². The van der Waals surface area contributed by atoms with E-state index in [2.05, 4.69) is 4.98 Å². The Morgan fingerprint density at radius 2 is 2.00 bits per heavy atom. The lowest BCUT2D eigenvalue weighted by Gasteiger charge is -2.13. The third kappa shape index (κ3) is 2.90. The fourth-order valence-electron chi connectivity index (χ4n) is 1.36. The summed E-state index contributed by atoms with van der Waals surface area (Å²) in [4.78, 5) is 3.13. The molecule has 7 heteroatoms. The number of rotatable bonds is 2. The van der Waals surface area contributed by atoms with Gasteiger partial charge in [-0.2, -0.15) is 18.4 Å². The van der Waals surface area contributed by atoms with Gasteiger partial charge in [-0.3, -0.25) is 0 Å². The van der Waals surface area contributed by atoms with E-state index in [1.807, 2.05) is 0 Å². The maximum atomic E-state index is 12.5. The fraction of sp³-hybridized carbons (Fsp3) is 0.400. The Kier molecular flexibility index (Phi) is 3.66. The minimum atomic E-state index is -4.71. The second-order valence-electron chi connectivity index (χ2n) is 3.32. The van der Waals surface area contributed by atoms with Crippen LogP contribution in [0.15, 0.2) is 6.07 Å². The zero-order valence-corrected chi connectivity index (χ0v) is 8.65. The molecule has 0 bridgehead atoms. The zero-order valence-electron chi connectivity index (χ0n) is 8.65. The molecule has 0 spiro atoms. The summed E-state index contributed by atoms with van der Waals surface area (Å²) in [5.74, 6) is 0. The monoisotopic (exact) mass is 250 g/mol. The average Bonchev–Trinajstić information content (AvgIpc) is 2.18. The molecule has 2 nitrogen and oxygen atoms in total. The van der Waals surface area contributed by atoms with Crippen molar-refractivity contribution < 1.29 is 22.0 Å². The Balaban J connectivity index is 3.41. The molecule has 1 aromatic heterocycles. The fourth-order valence-corrected chi connectivity index (χ4v) is 1.36. The van der Waals surface area contributed by atoms with Crippen molar-refractivity contribution in [2.24, 2.45) is 0 Å². The number of halogens is 5. The Hall–Kier alpha value is -1.71. The third-order valence-corrected chi connectivity index (χ3v) is 2.08. The molecule has 1 rings (SSSR count). The van der Waals surface area contributed by atoms with Crippen molar-refractivity contribution in [2.75, 3.05) is 0 Å². The van der Waals surface area contributed by atoms with Crippen molar-refractivity contribution in [1.29, 1.82) is 5.26 Å². The topological polar surface area (TPSA) is 36.7 Å². The summed E-state index contributed by atoms with van der Waals surface area (Å²) in [6, 6.07) is 2.24. The predicted molar refractivity (Wildman–Crippen MR) is 48.3 cm³/mol. The van der Waals surface area contributed by atoms with Crippen LogP contribution < -0.4 is 0 Å². The van der Waals surface area contributed by atoms with Gasteiger partial charge in [0.1, 0.15) is 5.69 Å². The standard InChI is InChI=1S/C10H7F5N2/c1-5-4-6(9(11)12)7(2-3-16)17-8(5)10(13,14)15/h4,9H,2H2,1H3. The highest BCUT2D eigenvalue weighted by Crippen LogP contribution is 2.33. The van der Waals surface area contributed by atoms with Gasteiger partial charge in [0.2, 0.25) is 0 Å². The zero-order chi connectivity index (χ0) is 13.2. The van der Waals surface area contributed by atoms with Crippen LogP contribution in [0.1, 0.15) is 28.9 Å². The molecule has 0 aliphatic rings. The van der Waals surface area contributed by atoms with E-state index in [0.29, 0.717) is 0 Å². The second-order valence-corrected chi connectivity index (χ2v) is 3.32. The number of hydrogen-bond acceptors (Lipinski definition) is 2. The second kappa shape index (κ2) is 4.65. The molecule has 0 aromatic carbocycles. The van der Waals surface area contributed by atoms with Crippen LogP contribution in [0.3, 0.4) is 0 Å². The largest absolute Gasteiger partial charge is 0.433 e. The van der Waals surface area contributed by atoms with E-state index < -0.39 is 36.0 Å². The lowest BCUT2D eigenvalue weighted by molar-refractivity contribution is -0.141. The van der Waals surface area contributed by atoms with Crippen LogP contribution >= 0.6 is 0 Å². The predicted octanol–water partition coefficient (Wildman–Crippen LogP) is 3.41. The van der Waals surface area contributed by atoms with Crippen LogP contribution in [-0.2, 0) is 12.6 Å². The molecule has 0 saturated carbocycles. The Labute approximate surface area is 93.7 Å². The summed E-state index contributed by atoms with van der Waals surface area (Å²) in [6.45, 7) is 1.05. The Morgan fingerprint density at radius 1 is 1.41 bits per heavy atom. The van der Waals surface area contributed by atoms with Gasteiger partial charge in [-0.05, 0) is 18.6 Å². The molecule has 0 saturated heterocycles. The number of aryl methyl sites for hydroxylation is 1. The van der Waals surface area contributed by atoms with Gasteiger partial charge >= 0.3 is 6.18 Å². The summed E-state index contributed by atoms with van der Waals surface area (Å²) in [7, 11) is 0. The van der Waals surface area contributed by atoms with Gasteiger partial charge in [0, 0.05) is 5.56 Å². The first-order valence-corrected chi connectivity index (χ1v) is 4.50. The molecule has 0 N–H and O–H groups in total. The molecule has 0 atom stereocenters. The molecule has 0 amide bonds. The number of pyridine rings is 1. The van der Waals surface area contributed by atoms with Crippen LogP contribution in [0, 0.1) is 18.3 Å². The first-order valence-electron chi connectivity index (χ1n) is 4.50. The maximum Gasteiger partial charge on any atom is 0.433 e. The minimum Gasteiger partial charge on any atom is -0.246 e. The van der Waals surface area contributed by atoms with Gasteiger partial charge in [0.15, 0.2) is 0 Å². The van der Waals surface area contributed by atoms with Crippen molar-refractivity contribution in [3.05, 3.63) is 28.6 Å². The molecule has 0 unspecified atom stereocenters. The van der Waals surface area contributed by atoms with E-state index >= 15 is 0 Å². The summed E-state index contributed by atoms with van der Waals surface area (Å²) < 4.78 is 62.5. The smallest absolute Gasteiger partial charge is 0.246 e. The number of nitrogens with zero attached hydrogens (tertiary/aromatic N) is 2. The van der Waals surface area contributed by atoms with Gasteiger partial charge in [-0.15, -0.1) is 0 Å². The molecule has 0 aliphatic carbocycles. The Morgan fingerprint density at radius 3 is 2.41 bits per heavy atom. The lowest BCUT2D eigenvalue weighted by Crippen LogP contribution is -2.14. The average molecular weight is 250 g/mol. The van der Waals surface area contributed by atoms with Gasteiger partial charge in [-0.25, -0.2) is 13.8 Å². The molecule has 92 valence electrons. The van der Waals surface area contributed by atoms with E-state index in [0.717, 1.165) is 13.0 Å². The number of alkyl halides is 5. The molecular weight excluding hydrogens is 243 g/mol. The quantitative estimate of drug-likeness (QED) is 0.754. The highest BCUT2D eigenvalue weighted by atomic mass is 19.4. The molecule has 1 heterocycles. The summed E-state index contributed by atoms with van der Waals surface area (Å²) >= 11 is 0. The molecule has 1 aromatic rings. The van der Waals surface area contributed by atoms with Crippen LogP contribution in [0.4, 0.5) is 22.0 Å². The summed E-state index contributed by atoms with van der Waals surface area (Å²) in [5, 5.41) is 8.37. The van der Waals surface area contributed by atoms with Crippen molar-refractivity contribution in [2.45, 2.75) is 25.9 Å². The summed E-state index contributed by atoms with van der Waals surface area (Å²) in [6.07, 6.45) is -8.25. The van der Waals surface area contributed by atoms with E-state index in [9.17, 15) is 22.0 Å². The molecule has 17 heavy (non-hydrogen) atoms. The van der Waals surface area contributed by atoms with Crippen molar-refractivity contribution in [3.8, 4) is 6.07 Å². The van der Waals surface area contributed by atoms with Crippen molar-refractivity contribution in [1.82, 2.24) is 4.98 Å². The van der Waals surface area contributed by atoms with Crippen molar-refractivity contribution in [3.63, 3.8) is 0 Å². The van der Waals surface area contributed by atoms with E-state index in [1.54, 1.807) is 0 Å². The van der Waals surface area contributed by atoms with Gasteiger partial charge < -0.3 is 0 Å². The van der Waals surface area contributed by atoms with E-state index in [1.165, 1.54) is 6.07 Å². The van der Waals surface area contributed by atoms with Gasteiger partial charge in [0.25, 0.3) is 6.43 Å². The first-order chi connectivity index (χ1) is 7.77. The third-order valence-electron chi connectivity index (χ3n) is 2.08. The van der Waals surface area contributed by atoms with Crippen LogP contribution in [0.2, 0.25) is 0 Å². The van der Waals surface area contributed by atoms with E-state index in [4.69, 9.17) is 5.26 Å². The Bertz CT molecular complexity index is 459. The molecular formula is C10H7F5N2. The number of hydrogen-bond donors (Lipinski definition) is 0. The minimum absolute atomic E-state index is 0.380. The van der Waals surface area contributed by atoms with Gasteiger partial charge in [0.05, 0.1) is 18.2 Å². The highest BCUT2D eigenvalue weighted by molar-refractivity contribution is 5.33. The maximum absolute atomic E-state index is 12.5. The van der Waals surface area contributed by atoms with Crippen LogP contribution in [-0.4, -0.2) is 4.98 Å². The summed E-state index contributed by atoms with van der Waals surface area (Å²) in [5.41, 5.74) is -2.76. The van der Waals surface area contributed by atoms with Crippen LogP contribution in [0.5, 0.6) is 0 Å². The lowest BCUT2D eigenvalue weighted by atomic mass is 10.1. The number of aromatic nitrogens is 1. The molecule has 0 radical (unpaired) electrons. The van der Waals surface area contributed by atoms with Gasteiger partial charge in [-0.1, -0.05) is 0 Å². The normalized spacial score (nSPS) is 11.6. The molecule has 0 aliphatic heterocycles. The molecule has 0 fully saturated rings. The first kappa shape index (κ1) is 13.4. The van der Waals surface area contributed by atoms with Crippen LogP contribution in [0.25, 0.3) is 0 Å².